The lowest BCUT2D eigenvalue weighted by Crippen LogP contribution is -2.39. The van der Waals surface area contributed by atoms with Crippen LogP contribution in [0.5, 0.6) is 0 Å². The Bertz CT molecular complexity index is 477. The first-order chi connectivity index (χ1) is 8.96. The quantitative estimate of drug-likeness (QED) is 0.779. The van der Waals surface area contributed by atoms with Crippen molar-refractivity contribution in [3.8, 4) is 0 Å². The van der Waals surface area contributed by atoms with Gasteiger partial charge in [-0.25, -0.2) is 4.79 Å². The Morgan fingerprint density at radius 3 is 2.79 bits per heavy atom. The van der Waals surface area contributed by atoms with Crippen LogP contribution in [-0.2, 0) is 4.74 Å². The molecule has 0 N–H and O–H groups in total. The first kappa shape index (κ1) is 13.5. The van der Waals surface area contributed by atoms with E-state index in [1.807, 2.05) is 20.8 Å². The van der Waals surface area contributed by atoms with Gasteiger partial charge in [0, 0.05) is 18.9 Å². The summed E-state index contributed by atoms with van der Waals surface area (Å²) in [7, 11) is 0. The number of carbonyl (C=O) groups excluding carboxylic acids is 1. The Balaban J connectivity index is 2.05. The molecule has 1 aromatic heterocycles. The molecule has 2 rings (SSSR count). The van der Waals surface area contributed by atoms with Crippen LogP contribution in [0.25, 0.3) is 5.57 Å². The second kappa shape index (κ2) is 5.38. The number of nitrogens with zero attached hydrogens (tertiary/aromatic N) is 3. The summed E-state index contributed by atoms with van der Waals surface area (Å²) in [5.74, 6) is 0. The molecule has 1 aromatic rings. The molecule has 0 unspecified atom stereocenters. The molecule has 0 aliphatic carbocycles. The van der Waals surface area contributed by atoms with Gasteiger partial charge >= 0.3 is 6.09 Å². The highest BCUT2D eigenvalue weighted by Gasteiger charge is 2.24. The van der Waals surface area contributed by atoms with Crippen molar-refractivity contribution in [2.24, 2.45) is 0 Å². The van der Waals surface area contributed by atoms with Crippen molar-refractivity contribution in [2.45, 2.75) is 32.8 Å². The molecule has 5 nitrogen and oxygen atoms in total. The summed E-state index contributed by atoms with van der Waals surface area (Å²) < 4.78 is 5.39. The molecule has 0 aromatic carbocycles. The van der Waals surface area contributed by atoms with Crippen LogP contribution in [0.2, 0.25) is 0 Å². The summed E-state index contributed by atoms with van der Waals surface area (Å²) in [6.07, 6.45) is 7.64. The summed E-state index contributed by atoms with van der Waals surface area (Å²) in [4.78, 5) is 22.0. The van der Waals surface area contributed by atoms with Gasteiger partial charge in [-0.15, -0.1) is 0 Å². The number of aromatic nitrogens is 2. The standard InChI is InChI=1S/C14H19N3O2/c1-14(2,3)19-13(18)17-8-4-5-11(10-17)12-9-15-6-7-16-12/h5-7,9H,4,8,10H2,1-3H3. The Morgan fingerprint density at radius 2 is 2.16 bits per heavy atom. The molecule has 102 valence electrons. The monoisotopic (exact) mass is 261 g/mol. The zero-order valence-corrected chi connectivity index (χ0v) is 11.6. The van der Waals surface area contributed by atoms with E-state index in [0.29, 0.717) is 13.1 Å². The van der Waals surface area contributed by atoms with Crippen LogP contribution in [0.4, 0.5) is 4.79 Å². The fourth-order valence-electron chi connectivity index (χ4n) is 1.88. The van der Waals surface area contributed by atoms with Crippen molar-refractivity contribution in [1.29, 1.82) is 0 Å². The van der Waals surface area contributed by atoms with Crippen LogP contribution in [0, 0.1) is 0 Å². The molecule has 0 fully saturated rings. The third-order valence-electron chi connectivity index (χ3n) is 2.69. The van der Waals surface area contributed by atoms with Crippen molar-refractivity contribution >= 4 is 11.7 Å². The molecule has 0 saturated heterocycles. The van der Waals surface area contributed by atoms with Crippen molar-refractivity contribution in [3.05, 3.63) is 30.4 Å². The van der Waals surface area contributed by atoms with Gasteiger partial charge < -0.3 is 9.64 Å². The molecule has 19 heavy (non-hydrogen) atoms. The SMILES string of the molecule is CC(C)(C)OC(=O)N1CCC=C(c2cnccn2)C1. The number of carbonyl (C=O) groups is 1. The zero-order chi connectivity index (χ0) is 13.9. The minimum absolute atomic E-state index is 0.276. The van der Waals surface area contributed by atoms with Gasteiger partial charge in [0.1, 0.15) is 5.60 Å². The van der Waals surface area contributed by atoms with Gasteiger partial charge in [-0.2, -0.15) is 0 Å². The minimum atomic E-state index is -0.467. The molecular weight excluding hydrogens is 242 g/mol. The van der Waals surface area contributed by atoms with E-state index >= 15 is 0 Å². The third kappa shape index (κ3) is 3.77. The molecule has 5 heteroatoms. The zero-order valence-electron chi connectivity index (χ0n) is 11.6. The number of hydrogen-bond donors (Lipinski definition) is 0. The molecule has 0 radical (unpaired) electrons. The second-order valence-corrected chi connectivity index (χ2v) is 5.51. The predicted octanol–water partition coefficient (Wildman–Crippen LogP) is 2.50. The molecule has 2 heterocycles. The molecule has 0 atom stereocenters. The van der Waals surface area contributed by atoms with Gasteiger partial charge in [-0.3, -0.25) is 9.97 Å². The number of rotatable bonds is 1. The predicted molar refractivity (Wildman–Crippen MR) is 72.4 cm³/mol. The lowest BCUT2D eigenvalue weighted by Gasteiger charge is -2.30. The van der Waals surface area contributed by atoms with Crippen molar-refractivity contribution < 1.29 is 9.53 Å². The highest BCUT2D eigenvalue weighted by Crippen LogP contribution is 2.20. The summed E-state index contributed by atoms with van der Waals surface area (Å²) in [6, 6.07) is 0. The van der Waals surface area contributed by atoms with Gasteiger partial charge in [0.05, 0.1) is 18.4 Å². The number of amides is 1. The van der Waals surface area contributed by atoms with E-state index in [1.54, 1.807) is 23.5 Å². The fraction of sp³-hybridized carbons (Fsp3) is 0.500. The maximum atomic E-state index is 12.0. The number of ether oxygens (including phenoxy) is 1. The molecule has 0 spiro atoms. The number of hydrogen-bond acceptors (Lipinski definition) is 4. The summed E-state index contributed by atoms with van der Waals surface area (Å²) >= 11 is 0. The summed E-state index contributed by atoms with van der Waals surface area (Å²) in [5, 5.41) is 0. The average Bonchev–Trinajstić information content (AvgIpc) is 2.38. The van der Waals surface area contributed by atoms with Crippen molar-refractivity contribution in [1.82, 2.24) is 14.9 Å². The van der Waals surface area contributed by atoms with Gasteiger partial charge in [0.25, 0.3) is 0 Å². The maximum Gasteiger partial charge on any atom is 0.410 e. The average molecular weight is 261 g/mol. The smallest absolute Gasteiger partial charge is 0.410 e. The molecule has 1 amide bonds. The molecule has 1 aliphatic heterocycles. The fourth-order valence-corrected chi connectivity index (χ4v) is 1.88. The van der Waals surface area contributed by atoms with Gasteiger partial charge in [0.15, 0.2) is 0 Å². The Kier molecular flexibility index (Phi) is 3.83. The Hall–Kier alpha value is -1.91. The lowest BCUT2D eigenvalue weighted by molar-refractivity contribution is 0.0273. The van der Waals surface area contributed by atoms with E-state index in [0.717, 1.165) is 17.7 Å². The summed E-state index contributed by atoms with van der Waals surface area (Å²) in [6.45, 7) is 6.81. The van der Waals surface area contributed by atoms with Crippen LogP contribution < -0.4 is 0 Å². The largest absolute Gasteiger partial charge is 0.444 e. The van der Waals surface area contributed by atoms with Crippen LogP contribution in [0.3, 0.4) is 0 Å². The van der Waals surface area contributed by atoms with Crippen LogP contribution in [0.1, 0.15) is 32.9 Å². The normalized spacial score (nSPS) is 15.9. The van der Waals surface area contributed by atoms with E-state index in [2.05, 4.69) is 16.0 Å². The van der Waals surface area contributed by atoms with Gasteiger partial charge in [0.2, 0.25) is 0 Å². The van der Waals surface area contributed by atoms with E-state index in [9.17, 15) is 4.79 Å². The lowest BCUT2D eigenvalue weighted by atomic mass is 10.1. The highest BCUT2D eigenvalue weighted by atomic mass is 16.6. The molecular formula is C14H19N3O2. The molecule has 0 saturated carbocycles. The molecule has 1 aliphatic rings. The Labute approximate surface area is 113 Å². The van der Waals surface area contributed by atoms with Gasteiger partial charge in [-0.1, -0.05) is 6.08 Å². The summed E-state index contributed by atoms with van der Waals surface area (Å²) in [5.41, 5.74) is 1.37. The van der Waals surface area contributed by atoms with Crippen LogP contribution in [-0.4, -0.2) is 39.7 Å². The van der Waals surface area contributed by atoms with Crippen LogP contribution in [0.15, 0.2) is 24.7 Å². The first-order valence-electron chi connectivity index (χ1n) is 6.39. The minimum Gasteiger partial charge on any atom is -0.444 e. The third-order valence-corrected chi connectivity index (χ3v) is 2.69. The van der Waals surface area contributed by atoms with E-state index < -0.39 is 5.60 Å². The molecule has 0 bridgehead atoms. The van der Waals surface area contributed by atoms with Crippen molar-refractivity contribution in [2.75, 3.05) is 13.1 Å². The highest BCUT2D eigenvalue weighted by molar-refractivity contribution is 5.74. The van der Waals surface area contributed by atoms with Crippen molar-refractivity contribution in [3.63, 3.8) is 0 Å². The first-order valence-corrected chi connectivity index (χ1v) is 6.39. The topological polar surface area (TPSA) is 55.3 Å². The van der Waals surface area contributed by atoms with E-state index in [1.165, 1.54) is 0 Å². The Morgan fingerprint density at radius 1 is 1.37 bits per heavy atom. The maximum absolute atomic E-state index is 12.0. The van der Waals surface area contributed by atoms with Crippen LogP contribution >= 0.6 is 0 Å². The van der Waals surface area contributed by atoms with E-state index in [4.69, 9.17) is 4.74 Å². The van der Waals surface area contributed by atoms with Gasteiger partial charge in [-0.05, 0) is 32.8 Å². The van der Waals surface area contributed by atoms with E-state index in [-0.39, 0.29) is 6.09 Å². The second-order valence-electron chi connectivity index (χ2n) is 5.51.